The lowest BCUT2D eigenvalue weighted by Gasteiger charge is -2.03. The lowest BCUT2D eigenvalue weighted by atomic mass is 10.1. The maximum atomic E-state index is 5.82. The summed E-state index contributed by atoms with van der Waals surface area (Å²) in [6.07, 6.45) is 0. The number of hydrogen-bond donors (Lipinski definition) is 2. The van der Waals surface area contributed by atoms with E-state index >= 15 is 0 Å². The SMILES string of the molecule is Nc1cc2c(cc1Cl)[C@H](N)CO2. The van der Waals surface area contributed by atoms with E-state index in [1.54, 1.807) is 12.1 Å². The third-order valence-electron chi connectivity index (χ3n) is 1.95. The summed E-state index contributed by atoms with van der Waals surface area (Å²) in [6.45, 7) is 0.509. The Labute approximate surface area is 75.3 Å². The Bertz CT molecular complexity index is 327. The fourth-order valence-corrected chi connectivity index (χ4v) is 1.44. The summed E-state index contributed by atoms with van der Waals surface area (Å²) in [6, 6.07) is 3.41. The van der Waals surface area contributed by atoms with Crippen LogP contribution in [0.3, 0.4) is 0 Å². The molecule has 1 atom stereocenters. The molecule has 0 bridgehead atoms. The van der Waals surface area contributed by atoms with Crippen LogP contribution < -0.4 is 16.2 Å². The molecule has 12 heavy (non-hydrogen) atoms. The first-order valence-electron chi connectivity index (χ1n) is 3.66. The quantitative estimate of drug-likeness (QED) is 0.598. The summed E-state index contributed by atoms with van der Waals surface area (Å²) in [4.78, 5) is 0. The Balaban J connectivity index is 2.56. The molecule has 4 heteroatoms. The first kappa shape index (κ1) is 7.71. The van der Waals surface area contributed by atoms with Gasteiger partial charge in [0.1, 0.15) is 12.4 Å². The molecule has 0 unspecified atom stereocenters. The van der Waals surface area contributed by atoms with Crippen LogP contribution in [0.2, 0.25) is 5.02 Å². The van der Waals surface area contributed by atoms with Crippen LogP contribution >= 0.6 is 11.6 Å². The van der Waals surface area contributed by atoms with Crippen molar-refractivity contribution in [2.45, 2.75) is 6.04 Å². The van der Waals surface area contributed by atoms with Gasteiger partial charge in [0.25, 0.3) is 0 Å². The van der Waals surface area contributed by atoms with Gasteiger partial charge >= 0.3 is 0 Å². The monoisotopic (exact) mass is 184 g/mol. The molecule has 4 N–H and O–H groups in total. The molecular formula is C8H9ClN2O. The van der Waals surface area contributed by atoms with Crippen LogP contribution in [-0.2, 0) is 0 Å². The summed E-state index contributed by atoms with van der Waals surface area (Å²) in [5.74, 6) is 0.754. The summed E-state index contributed by atoms with van der Waals surface area (Å²) in [7, 11) is 0. The number of halogens is 1. The standard InChI is InChI=1S/C8H9ClN2O/c9-5-1-4-7(11)3-12-8(4)2-6(5)10/h1-2,7H,3,10-11H2/t7-/m1/s1. The van der Waals surface area contributed by atoms with E-state index in [-0.39, 0.29) is 6.04 Å². The Hall–Kier alpha value is -0.930. The van der Waals surface area contributed by atoms with Crippen molar-refractivity contribution in [3.05, 3.63) is 22.7 Å². The van der Waals surface area contributed by atoms with E-state index in [1.807, 2.05) is 0 Å². The van der Waals surface area contributed by atoms with Crippen molar-refractivity contribution >= 4 is 17.3 Å². The minimum Gasteiger partial charge on any atom is -0.491 e. The highest BCUT2D eigenvalue weighted by Crippen LogP contribution is 2.36. The molecule has 1 aliphatic rings. The van der Waals surface area contributed by atoms with Crippen LogP contribution in [0.4, 0.5) is 5.69 Å². The highest BCUT2D eigenvalue weighted by molar-refractivity contribution is 6.33. The van der Waals surface area contributed by atoms with E-state index in [9.17, 15) is 0 Å². The van der Waals surface area contributed by atoms with Gasteiger partial charge in [-0.1, -0.05) is 11.6 Å². The molecule has 3 nitrogen and oxygen atoms in total. The second-order valence-electron chi connectivity index (χ2n) is 2.83. The lowest BCUT2D eigenvalue weighted by molar-refractivity contribution is 0.333. The number of rotatable bonds is 0. The average molecular weight is 185 g/mol. The molecule has 0 fully saturated rings. The first-order valence-corrected chi connectivity index (χ1v) is 4.03. The maximum Gasteiger partial charge on any atom is 0.126 e. The summed E-state index contributed by atoms with van der Waals surface area (Å²) in [5, 5.41) is 0.537. The molecule has 1 heterocycles. The molecule has 1 aromatic carbocycles. The predicted molar refractivity (Wildman–Crippen MR) is 48.3 cm³/mol. The minimum atomic E-state index is -0.0712. The minimum absolute atomic E-state index is 0.0712. The van der Waals surface area contributed by atoms with Crippen LogP contribution in [0.15, 0.2) is 12.1 Å². The van der Waals surface area contributed by atoms with E-state index in [0.717, 1.165) is 11.3 Å². The molecule has 0 spiro atoms. The van der Waals surface area contributed by atoms with Gasteiger partial charge in [0.05, 0.1) is 16.8 Å². The second-order valence-corrected chi connectivity index (χ2v) is 3.24. The van der Waals surface area contributed by atoms with Crippen LogP contribution in [0.5, 0.6) is 5.75 Å². The van der Waals surface area contributed by atoms with Gasteiger partial charge in [-0.15, -0.1) is 0 Å². The summed E-state index contributed by atoms with van der Waals surface area (Å²) >= 11 is 5.82. The Morgan fingerprint density at radius 2 is 2.25 bits per heavy atom. The van der Waals surface area contributed by atoms with Gasteiger partial charge in [-0.05, 0) is 6.07 Å². The van der Waals surface area contributed by atoms with E-state index < -0.39 is 0 Å². The molecule has 1 aliphatic heterocycles. The Kier molecular flexibility index (Phi) is 1.63. The number of hydrogen-bond acceptors (Lipinski definition) is 3. The van der Waals surface area contributed by atoms with Crippen LogP contribution in [0, 0.1) is 0 Å². The summed E-state index contributed by atoms with van der Waals surface area (Å²) < 4.78 is 5.28. The van der Waals surface area contributed by atoms with Crippen LogP contribution in [0.1, 0.15) is 11.6 Å². The molecular weight excluding hydrogens is 176 g/mol. The number of ether oxygens (including phenoxy) is 1. The molecule has 1 aromatic rings. The number of anilines is 1. The zero-order chi connectivity index (χ0) is 8.72. The number of nitrogens with two attached hydrogens (primary N) is 2. The van der Waals surface area contributed by atoms with Crippen LogP contribution in [-0.4, -0.2) is 6.61 Å². The van der Waals surface area contributed by atoms with E-state index in [2.05, 4.69) is 0 Å². The molecule has 0 aromatic heterocycles. The van der Waals surface area contributed by atoms with E-state index in [0.29, 0.717) is 17.3 Å². The largest absolute Gasteiger partial charge is 0.491 e. The van der Waals surface area contributed by atoms with Crippen molar-refractivity contribution in [3.8, 4) is 5.75 Å². The van der Waals surface area contributed by atoms with Crippen molar-refractivity contribution in [1.29, 1.82) is 0 Å². The third-order valence-corrected chi connectivity index (χ3v) is 2.27. The van der Waals surface area contributed by atoms with Gasteiger partial charge in [0, 0.05) is 11.6 Å². The smallest absolute Gasteiger partial charge is 0.126 e. The van der Waals surface area contributed by atoms with Crippen molar-refractivity contribution in [2.75, 3.05) is 12.3 Å². The highest BCUT2D eigenvalue weighted by atomic mass is 35.5. The number of benzene rings is 1. The van der Waals surface area contributed by atoms with Crippen molar-refractivity contribution in [1.82, 2.24) is 0 Å². The van der Waals surface area contributed by atoms with Gasteiger partial charge < -0.3 is 16.2 Å². The maximum absolute atomic E-state index is 5.82. The fraction of sp³-hybridized carbons (Fsp3) is 0.250. The third kappa shape index (κ3) is 1.02. The Morgan fingerprint density at radius 3 is 3.00 bits per heavy atom. The molecule has 0 saturated carbocycles. The average Bonchev–Trinajstić information content (AvgIpc) is 2.35. The van der Waals surface area contributed by atoms with Gasteiger partial charge in [-0.3, -0.25) is 0 Å². The van der Waals surface area contributed by atoms with E-state index in [4.69, 9.17) is 27.8 Å². The number of fused-ring (bicyclic) bond motifs is 1. The molecule has 0 amide bonds. The van der Waals surface area contributed by atoms with Crippen LogP contribution in [0.25, 0.3) is 0 Å². The Morgan fingerprint density at radius 1 is 1.50 bits per heavy atom. The summed E-state index contributed by atoms with van der Waals surface area (Å²) in [5.41, 5.74) is 12.8. The lowest BCUT2D eigenvalue weighted by Crippen LogP contribution is -2.10. The molecule has 64 valence electrons. The van der Waals surface area contributed by atoms with E-state index in [1.165, 1.54) is 0 Å². The van der Waals surface area contributed by atoms with Gasteiger partial charge in [-0.25, -0.2) is 0 Å². The van der Waals surface area contributed by atoms with Crippen molar-refractivity contribution < 1.29 is 4.74 Å². The fourth-order valence-electron chi connectivity index (χ4n) is 1.27. The van der Waals surface area contributed by atoms with Gasteiger partial charge in [0.2, 0.25) is 0 Å². The zero-order valence-corrected chi connectivity index (χ0v) is 7.14. The molecule has 0 radical (unpaired) electrons. The molecule has 0 saturated heterocycles. The second kappa shape index (κ2) is 2.54. The topological polar surface area (TPSA) is 61.3 Å². The zero-order valence-electron chi connectivity index (χ0n) is 6.38. The first-order chi connectivity index (χ1) is 5.68. The predicted octanol–water partition coefficient (Wildman–Crippen LogP) is 1.31. The number of nitrogen functional groups attached to an aromatic ring is 1. The van der Waals surface area contributed by atoms with Crippen molar-refractivity contribution in [3.63, 3.8) is 0 Å². The highest BCUT2D eigenvalue weighted by Gasteiger charge is 2.21. The molecule has 2 rings (SSSR count). The molecule has 0 aliphatic carbocycles. The van der Waals surface area contributed by atoms with Gasteiger partial charge in [0.15, 0.2) is 0 Å². The van der Waals surface area contributed by atoms with Crippen molar-refractivity contribution in [2.24, 2.45) is 5.73 Å². The van der Waals surface area contributed by atoms with Gasteiger partial charge in [-0.2, -0.15) is 0 Å². The normalized spacial score (nSPS) is 20.3.